The molecule has 1 unspecified atom stereocenters. The Kier molecular flexibility index (Phi) is 6.49. The molecule has 0 saturated heterocycles. The van der Waals surface area contributed by atoms with Gasteiger partial charge in [-0.15, -0.1) is 0 Å². The van der Waals surface area contributed by atoms with E-state index in [9.17, 15) is 9.90 Å². The molecule has 0 amide bonds. The SMILES string of the molecule is Cc1c(Cc2ccccc2)c(=O)oc2cc(OCC(O)CNC(C)C)ccc12. The fourth-order valence-corrected chi connectivity index (χ4v) is 3.09. The monoisotopic (exact) mass is 381 g/mol. The molecule has 0 radical (unpaired) electrons. The third-order valence-corrected chi connectivity index (χ3v) is 4.69. The van der Waals surface area contributed by atoms with Gasteiger partial charge in [-0.1, -0.05) is 44.2 Å². The Morgan fingerprint density at radius 1 is 1.14 bits per heavy atom. The van der Waals surface area contributed by atoms with Gasteiger partial charge in [-0.25, -0.2) is 4.79 Å². The number of aryl methyl sites for hydroxylation is 1. The Balaban J connectivity index is 1.78. The first-order valence-electron chi connectivity index (χ1n) is 9.58. The van der Waals surface area contributed by atoms with Gasteiger partial charge in [-0.3, -0.25) is 0 Å². The maximum absolute atomic E-state index is 12.5. The molecule has 148 valence electrons. The van der Waals surface area contributed by atoms with Gasteiger partial charge in [-0.05, 0) is 30.2 Å². The molecule has 0 aliphatic rings. The van der Waals surface area contributed by atoms with Crippen molar-refractivity contribution in [3.63, 3.8) is 0 Å². The van der Waals surface area contributed by atoms with E-state index in [4.69, 9.17) is 9.15 Å². The second-order valence-electron chi connectivity index (χ2n) is 7.34. The fourth-order valence-electron chi connectivity index (χ4n) is 3.09. The molecule has 0 aliphatic carbocycles. The average molecular weight is 381 g/mol. The highest BCUT2D eigenvalue weighted by Gasteiger charge is 2.13. The number of hydrogen-bond acceptors (Lipinski definition) is 5. The number of fused-ring (bicyclic) bond motifs is 1. The van der Waals surface area contributed by atoms with Gasteiger partial charge in [0.2, 0.25) is 0 Å². The summed E-state index contributed by atoms with van der Waals surface area (Å²) in [6, 6.07) is 15.6. The van der Waals surface area contributed by atoms with Gasteiger partial charge in [-0.2, -0.15) is 0 Å². The molecule has 1 atom stereocenters. The molecule has 3 aromatic rings. The number of benzene rings is 2. The number of hydrogen-bond donors (Lipinski definition) is 2. The summed E-state index contributed by atoms with van der Waals surface area (Å²) in [5, 5.41) is 14.0. The summed E-state index contributed by atoms with van der Waals surface area (Å²) in [4.78, 5) is 12.5. The number of aliphatic hydroxyl groups excluding tert-OH is 1. The standard InChI is InChI=1S/C23H27NO4/c1-15(2)24-13-18(25)14-27-19-9-10-20-16(3)21(23(26)28-22(20)12-19)11-17-7-5-4-6-8-17/h4-10,12,15,18,24-25H,11,13-14H2,1-3H3. The van der Waals surface area contributed by atoms with Gasteiger partial charge < -0.3 is 19.6 Å². The molecule has 5 nitrogen and oxygen atoms in total. The second kappa shape index (κ2) is 9.04. The van der Waals surface area contributed by atoms with Crippen molar-refractivity contribution < 1.29 is 14.3 Å². The minimum Gasteiger partial charge on any atom is -0.491 e. The van der Waals surface area contributed by atoms with E-state index in [1.165, 1.54) is 0 Å². The van der Waals surface area contributed by atoms with Crippen molar-refractivity contribution in [2.75, 3.05) is 13.2 Å². The van der Waals surface area contributed by atoms with Crippen molar-refractivity contribution in [2.45, 2.75) is 39.3 Å². The van der Waals surface area contributed by atoms with Crippen molar-refractivity contribution >= 4 is 11.0 Å². The molecule has 0 spiro atoms. The number of nitrogens with one attached hydrogen (secondary N) is 1. The Morgan fingerprint density at radius 3 is 2.61 bits per heavy atom. The van der Waals surface area contributed by atoms with E-state index in [0.29, 0.717) is 35.9 Å². The highest BCUT2D eigenvalue weighted by molar-refractivity contribution is 5.82. The van der Waals surface area contributed by atoms with Gasteiger partial charge in [0.1, 0.15) is 24.0 Å². The highest BCUT2D eigenvalue weighted by atomic mass is 16.5. The van der Waals surface area contributed by atoms with E-state index in [-0.39, 0.29) is 12.2 Å². The average Bonchev–Trinajstić information content (AvgIpc) is 2.68. The normalized spacial score (nSPS) is 12.5. The van der Waals surface area contributed by atoms with Crippen LogP contribution >= 0.6 is 0 Å². The maximum Gasteiger partial charge on any atom is 0.340 e. The third kappa shape index (κ3) is 5.00. The Morgan fingerprint density at radius 2 is 1.89 bits per heavy atom. The van der Waals surface area contributed by atoms with Gasteiger partial charge >= 0.3 is 5.63 Å². The Hall–Kier alpha value is -2.63. The number of ether oxygens (including phenoxy) is 1. The van der Waals surface area contributed by atoms with Crippen LogP contribution in [0.15, 0.2) is 57.7 Å². The van der Waals surface area contributed by atoms with E-state index in [1.54, 1.807) is 6.07 Å². The second-order valence-corrected chi connectivity index (χ2v) is 7.34. The summed E-state index contributed by atoms with van der Waals surface area (Å²) in [5.74, 6) is 0.564. The summed E-state index contributed by atoms with van der Waals surface area (Å²) < 4.78 is 11.2. The molecule has 5 heteroatoms. The van der Waals surface area contributed by atoms with Gasteiger partial charge in [0.25, 0.3) is 0 Å². The van der Waals surface area contributed by atoms with E-state index in [1.807, 2.05) is 63.2 Å². The van der Waals surface area contributed by atoms with Crippen LogP contribution in [0, 0.1) is 6.92 Å². The summed E-state index contributed by atoms with van der Waals surface area (Å²) >= 11 is 0. The lowest BCUT2D eigenvalue weighted by Gasteiger charge is -2.15. The van der Waals surface area contributed by atoms with Gasteiger partial charge in [0, 0.05) is 36.0 Å². The van der Waals surface area contributed by atoms with E-state index in [0.717, 1.165) is 16.5 Å². The lowest BCUT2D eigenvalue weighted by molar-refractivity contribution is 0.104. The first kappa shape index (κ1) is 20.1. The van der Waals surface area contributed by atoms with E-state index in [2.05, 4.69) is 5.32 Å². The van der Waals surface area contributed by atoms with Gasteiger partial charge in [0.15, 0.2) is 0 Å². The summed E-state index contributed by atoms with van der Waals surface area (Å²) in [7, 11) is 0. The van der Waals surface area contributed by atoms with Crippen LogP contribution in [-0.2, 0) is 6.42 Å². The van der Waals surface area contributed by atoms with Gasteiger partial charge in [0.05, 0.1) is 0 Å². The minimum absolute atomic E-state index is 0.167. The molecule has 0 fully saturated rings. The zero-order valence-corrected chi connectivity index (χ0v) is 16.6. The van der Waals surface area contributed by atoms with Crippen LogP contribution in [0.4, 0.5) is 0 Å². The predicted molar refractivity (Wildman–Crippen MR) is 111 cm³/mol. The molecule has 2 aromatic carbocycles. The Labute approximate surface area is 165 Å². The lowest BCUT2D eigenvalue weighted by Crippen LogP contribution is -2.35. The maximum atomic E-state index is 12.5. The minimum atomic E-state index is -0.611. The van der Waals surface area contributed by atoms with Crippen LogP contribution in [0.2, 0.25) is 0 Å². The first-order chi connectivity index (χ1) is 13.4. The van der Waals surface area contributed by atoms with Crippen molar-refractivity contribution in [1.82, 2.24) is 5.32 Å². The highest BCUT2D eigenvalue weighted by Crippen LogP contribution is 2.25. The van der Waals surface area contributed by atoms with Crippen molar-refractivity contribution in [1.29, 1.82) is 0 Å². The van der Waals surface area contributed by atoms with Crippen molar-refractivity contribution in [2.24, 2.45) is 0 Å². The molecule has 0 saturated carbocycles. The molecule has 0 aliphatic heterocycles. The summed E-state index contributed by atoms with van der Waals surface area (Å²) in [6.45, 7) is 6.61. The van der Waals surface area contributed by atoms with Crippen LogP contribution in [0.5, 0.6) is 5.75 Å². The summed E-state index contributed by atoms with van der Waals surface area (Å²) in [5.41, 5.74) is 2.82. The van der Waals surface area contributed by atoms with E-state index >= 15 is 0 Å². The van der Waals surface area contributed by atoms with E-state index < -0.39 is 6.10 Å². The molecule has 3 rings (SSSR count). The molecule has 2 N–H and O–H groups in total. The third-order valence-electron chi connectivity index (χ3n) is 4.69. The first-order valence-corrected chi connectivity index (χ1v) is 9.58. The Bertz CT molecular complexity index is 979. The van der Waals surface area contributed by atoms with Crippen LogP contribution in [0.25, 0.3) is 11.0 Å². The zero-order chi connectivity index (χ0) is 20.1. The molecular weight excluding hydrogens is 354 g/mol. The zero-order valence-electron chi connectivity index (χ0n) is 16.6. The van der Waals surface area contributed by atoms with Crippen LogP contribution in [-0.4, -0.2) is 30.4 Å². The number of rotatable bonds is 8. The molecule has 28 heavy (non-hydrogen) atoms. The molecule has 0 bridgehead atoms. The molecular formula is C23H27NO4. The predicted octanol–water partition coefficient (Wildman–Crippen LogP) is 3.43. The molecule has 1 heterocycles. The van der Waals surface area contributed by atoms with Crippen LogP contribution in [0.3, 0.4) is 0 Å². The van der Waals surface area contributed by atoms with Crippen molar-refractivity contribution in [3.05, 3.63) is 75.6 Å². The topological polar surface area (TPSA) is 71.7 Å². The summed E-state index contributed by atoms with van der Waals surface area (Å²) in [6.07, 6.45) is -0.0711. The lowest BCUT2D eigenvalue weighted by atomic mass is 10.00. The molecule has 1 aromatic heterocycles. The smallest absolute Gasteiger partial charge is 0.340 e. The van der Waals surface area contributed by atoms with Crippen LogP contribution in [0.1, 0.15) is 30.5 Å². The van der Waals surface area contributed by atoms with Crippen molar-refractivity contribution in [3.8, 4) is 5.75 Å². The fraction of sp³-hybridized carbons (Fsp3) is 0.348. The quantitative estimate of drug-likeness (QED) is 0.585. The number of aliphatic hydroxyl groups is 1. The van der Waals surface area contributed by atoms with Crippen LogP contribution < -0.4 is 15.7 Å². The largest absolute Gasteiger partial charge is 0.491 e.